The number of carboxylic acids is 1. The molecule has 0 unspecified atom stereocenters. The Labute approximate surface area is 156 Å². The second-order valence-electron chi connectivity index (χ2n) is 6.46. The molecule has 2 amide bonds. The Balaban J connectivity index is 2.41. The van der Waals surface area contributed by atoms with Crippen LogP contribution in [0.4, 0.5) is 24.5 Å². The molecule has 28 heavy (non-hydrogen) atoms. The van der Waals surface area contributed by atoms with Gasteiger partial charge >= 0.3 is 12.1 Å². The van der Waals surface area contributed by atoms with Crippen LogP contribution in [0.2, 0.25) is 0 Å². The Morgan fingerprint density at radius 3 is 2.18 bits per heavy atom. The number of amides is 2. The maximum absolute atomic E-state index is 12.6. The summed E-state index contributed by atoms with van der Waals surface area (Å²) < 4.78 is 37.8. The van der Waals surface area contributed by atoms with E-state index in [9.17, 15) is 42.8 Å². The zero-order chi connectivity index (χ0) is 21.3. The minimum Gasteiger partial charge on any atom is -0.540 e. The molecule has 1 aromatic rings. The van der Waals surface area contributed by atoms with E-state index in [1.54, 1.807) is 0 Å². The first kappa shape index (κ1) is 21.1. The fourth-order valence-corrected chi connectivity index (χ4v) is 3.14. The SMILES string of the molecule is CC1(N(C(=O)C(=O)[O-])c2ccccc2[N+](=O)[O-])CCN(C(=O)C(F)(F)F)CC1. The largest absolute Gasteiger partial charge is 0.540 e. The highest BCUT2D eigenvalue weighted by Crippen LogP contribution is 2.38. The molecule has 12 heteroatoms. The van der Waals surface area contributed by atoms with Gasteiger partial charge in [-0.1, -0.05) is 12.1 Å². The molecule has 0 radical (unpaired) electrons. The highest BCUT2D eigenvalue weighted by atomic mass is 19.4. The second kappa shape index (κ2) is 7.44. The molecule has 0 atom stereocenters. The highest BCUT2D eigenvalue weighted by molar-refractivity contribution is 6.37. The van der Waals surface area contributed by atoms with Gasteiger partial charge in [-0.3, -0.25) is 24.6 Å². The first-order chi connectivity index (χ1) is 12.9. The summed E-state index contributed by atoms with van der Waals surface area (Å²) in [7, 11) is 0. The normalized spacial score (nSPS) is 16.4. The van der Waals surface area contributed by atoms with Crippen LogP contribution < -0.4 is 10.0 Å². The molecule has 0 aromatic heterocycles. The van der Waals surface area contributed by atoms with Gasteiger partial charge in [0.05, 0.1) is 4.92 Å². The minimum absolute atomic E-state index is 0.222. The summed E-state index contributed by atoms with van der Waals surface area (Å²) in [6, 6.07) is 4.90. The summed E-state index contributed by atoms with van der Waals surface area (Å²) in [5, 5.41) is 22.5. The van der Waals surface area contributed by atoms with Crippen molar-refractivity contribution < 1.29 is 37.6 Å². The van der Waals surface area contributed by atoms with Crippen molar-refractivity contribution in [3.05, 3.63) is 34.4 Å². The molecule has 0 bridgehead atoms. The van der Waals surface area contributed by atoms with Crippen LogP contribution in [-0.4, -0.2) is 52.4 Å². The lowest BCUT2D eigenvalue weighted by Crippen LogP contribution is -2.60. The van der Waals surface area contributed by atoms with Crippen LogP contribution in [0.3, 0.4) is 0 Å². The molecule has 9 nitrogen and oxygen atoms in total. The first-order valence-electron chi connectivity index (χ1n) is 8.03. The molecular weight excluding hydrogens is 387 g/mol. The van der Waals surface area contributed by atoms with Crippen LogP contribution in [0.1, 0.15) is 19.8 Å². The molecule has 0 aliphatic carbocycles. The molecule has 0 saturated carbocycles. The number of piperidine rings is 1. The number of nitro groups is 1. The van der Waals surface area contributed by atoms with Gasteiger partial charge in [-0.15, -0.1) is 0 Å². The predicted molar refractivity (Wildman–Crippen MR) is 85.9 cm³/mol. The van der Waals surface area contributed by atoms with Crippen LogP contribution in [0.15, 0.2) is 24.3 Å². The van der Waals surface area contributed by atoms with Crippen molar-refractivity contribution in [2.75, 3.05) is 18.0 Å². The molecule has 1 fully saturated rings. The lowest BCUT2D eigenvalue weighted by molar-refractivity contribution is -0.384. The van der Waals surface area contributed by atoms with Gasteiger partial charge in [0.25, 0.3) is 11.6 Å². The smallest absolute Gasteiger partial charge is 0.471 e. The third-order valence-corrected chi connectivity index (χ3v) is 4.61. The van der Waals surface area contributed by atoms with Crippen molar-refractivity contribution in [2.45, 2.75) is 31.5 Å². The summed E-state index contributed by atoms with van der Waals surface area (Å²) in [5.74, 6) is -5.72. The van der Waals surface area contributed by atoms with Crippen molar-refractivity contribution >= 4 is 29.2 Å². The summed E-state index contributed by atoms with van der Waals surface area (Å²) >= 11 is 0. The van der Waals surface area contributed by atoms with E-state index >= 15 is 0 Å². The Bertz CT molecular complexity index is 818. The van der Waals surface area contributed by atoms with E-state index in [2.05, 4.69) is 0 Å². The number of alkyl halides is 3. The van der Waals surface area contributed by atoms with Crippen molar-refractivity contribution in [1.82, 2.24) is 4.90 Å². The topological polar surface area (TPSA) is 124 Å². The zero-order valence-corrected chi connectivity index (χ0v) is 14.6. The second-order valence-corrected chi connectivity index (χ2v) is 6.46. The van der Waals surface area contributed by atoms with E-state index in [1.165, 1.54) is 19.1 Å². The van der Waals surface area contributed by atoms with Gasteiger partial charge in [0.2, 0.25) is 0 Å². The van der Waals surface area contributed by atoms with Crippen LogP contribution in [-0.2, 0) is 14.4 Å². The lowest BCUT2D eigenvalue weighted by atomic mass is 9.86. The van der Waals surface area contributed by atoms with E-state index in [4.69, 9.17) is 0 Å². The number of para-hydroxylation sites is 2. The van der Waals surface area contributed by atoms with Gasteiger partial charge in [0.15, 0.2) is 0 Å². The van der Waals surface area contributed by atoms with Crippen molar-refractivity contribution in [3.63, 3.8) is 0 Å². The number of nitro benzene ring substituents is 1. The summed E-state index contributed by atoms with van der Waals surface area (Å²) in [6.45, 7) is 0.568. The van der Waals surface area contributed by atoms with Crippen LogP contribution in [0.5, 0.6) is 0 Å². The standard InChI is InChI=1S/C16H16F3N3O6/c1-15(6-8-20(9-7-15)14(26)16(17,18)19)21(12(23)13(24)25)10-4-2-3-5-11(10)22(27)28/h2-5H,6-9H2,1H3,(H,24,25)/p-1. The average molecular weight is 402 g/mol. The van der Waals surface area contributed by atoms with Gasteiger partial charge in [-0.2, -0.15) is 13.2 Å². The maximum atomic E-state index is 12.6. The van der Waals surface area contributed by atoms with E-state index in [0.717, 1.165) is 12.1 Å². The van der Waals surface area contributed by atoms with Crippen molar-refractivity contribution in [2.24, 2.45) is 0 Å². The van der Waals surface area contributed by atoms with E-state index in [1.807, 2.05) is 0 Å². The third-order valence-electron chi connectivity index (χ3n) is 4.61. The number of carbonyl (C=O) groups excluding carboxylic acids is 3. The van der Waals surface area contributed by atoms with Crippen molar-refractivity contribution in [1.29, 1.82) is 0 Å². The summed E-state index contributed by atoms with van der Waals surface area (Å²) in [4.78, 5) is 46.5. The molecule has 0 N–H and O–H groups in total. The predicted octanol–water partition coefficient (Wildman–Crippen LogP) is 0.621. The number of anilines is 1. The minimum atomic E-state index is -5.06. The average Bonchev–Trinajstić information content (AvgIpc) is 2.61. The van der Waals surface area contributed by atoms with Gasteiger partial charge < -0.3 is 14.8 Å². The Morgan fingerprint density at radius 1 is 1.18 bits per heavy atom. The number of nitrogens with zero attached hydrogens (tertiary/aromatic N) is 3. The monoisotopic (exact) mass is 402 g/mol. The van der Waals surface area contributed by atoms with Gasteiger partial charge in [0, 0.05) is 24.7 Å². The number of halogens is 3. The van der Waals surface area contributed by atoms with Gasteiger partial charge in [0.1, 0.15) is 11.7 Å². The molecule has 1 aliphatic rings. The molecule has 0 spiro atoms. The first-order valence-corrected chi connectivity index (χ1v) is 8.03. The van der Waals surface area contributed by atoms with Gasteiger partial charge in [-0.25, -0.2) is 0 Å². The molecule has 152 valence electrons. The fraction of sp³-hybridized carbons (Fsp3) is 0.438. The number of carboxylic acid groups (broad SMARTS) is 1. The molecule has 1 heterocycles. The molecule has 1 saturated heterocycles. The Kier molecular flexibility index (Phi) is 5.62. The summed E-state index contributed by atoms with van der Waals surface area (Å²) in [6.07, 6.45) is -5.51. The van der Waals surface area contributed by atoms with Crippen LogP contribution >= 0.6 is 0 Å². The number of rotatable bonds is 3. The zero-order valence-electron chi connectivity index (χ0n) is 14.6. The molecule has 1 aromatic carbocycles. The lowest BCUT2D eigenvalue weighted by Gasteiger charge is -2.46. The molecule has 1 aliphatic heterocycles. The van der Waals surface area contributed by atoms with Crippen LogP contribution in [0, 0.1) is 10.1 Å². The number of hydrogen-bond acceptors (Lipinski definition) is 6. The number of carbonyl (C=O) groups is 3. The number of benzene rings is 1. The Morgan fingerprint density at radius 2 is 1.71 bits per heavy atom. The summed E-state index contributed by atoms with van der Waals surface area (Å²) in [5.41, 5.74) is -2.25. The van der Waals surface area contributed by atoms with E-state index in [0.29, 0.717) is 9.80 Å². The Hall–Kier alpha value is -3.18. The molecular formula is C16H15F3N3O6-. The maximum Gasteiger partial charge on any atom is 0.471 e. The number of hydrogen-bond donors (Lipinski definition) is 0. The highest BCUT2D eigenvalue weighted by Gasteiger charge is 2.47. The molecule has 2 rings (SSSR count). The van der Waals surface area contributed by atoms with Gasteiger partial charge in [-0.05, 0) is 25.8 Å². The quantitative estimate of drug-likeness (QED) is 0.415. The number of aliphatic carboxylic acids is 1. The van der Waals surface area contributed by atoms with Crippen LogP contribution in [0.25, 0.3) is 0 Å². The fourth-order valence-electron chi connectivity index (χ4n) is 3.14. The van der Waals surface area contributed by atoms with Crippen molar-refractivity contribution in [3.8, 4) is 0 Å². The van der Waals surface area contributed by atoms with E-state index < -0.39 is 53.2 Å². The number of likely N-dealkylation sites (tertiary alicyclic amines) is 1. The third kappa shape index (κ3) is 4.05. The van der Waals surface area contributed by atoms with E-state index in [-0.39, 0.29) is 18.5 Å².